The zero-order valence-corrected chi connectivity index (χ0v) is 21.5. The van der Waals surface area contributed by atoms with Crippen molar-refractivity contribution in [2.75, 3.05) is 11.9 Å². The fourth-order valence-corrected chi connectivity index (χ4v) is 4.05. The molecule has 0 fully saturated rings. The molecular weight excluding hydrogens is 518 g/mol. The van der Waals surface area contributed by atoms with Gasteiger partial charge in [-0.3, -0.25) is 14.4 Å². The minimum Gasteiger partial charge on any atom is -0.484 e. The van der Waals surface area contributed by atoms with Crippen molar-refractivity contribution in [1.82, 2.24) is 0 Å². The summed E-state index contributed by atoms with van der Waals surface area (Å²) in [6.45, 7) is 1.62. The molecule has 0 saturated carbocycles. The molecule has 5 rings (SSSR count). The molecule has 0 radical (unpaired) electrons. The molecule has 4 aromatic carbocycles. The molecule has 1 aromatic heterocycles. The van der Waals surface area contributed by atoms with Gasteiger partial charge in [-0.15, -0.1) is 0 Å². The Balaban J connectivity index is 1.27. The third-order valence-corrected chi connectivity index (χ3v) is 6.10. The first kappa shape index (κ1) is 25.8. The lowest BCUT2D eigenvalue weighted by Gasteiger charge is -2.12. The van der Waals surface area contributed by atoms with E-state index in [0.29, 0.717) is 33.2 Å². The summed E-state index contributed by atoms with van der Waals surface area (Å²) in [5.74, 6) is 0.146. The number of rotatable bonds is 8. The number of benzene rings is 4. The molecule has 39 heavy (non-hydrogen) atoms. The van der Waals surface area contributed by atoms with Gasteiger partial charge in [0.25, 0.3) is 5.91 Å². The molecule has 0 bridgehead atoms. The van der Waals surface area contributed by atoms with E-state index in [9.17, 15) is 14.4 Å². The minimum absolute atomic E-state index is 0.0585. The van der Waals surface area contributed by atoms with Crippen molar-refractivity contribution in [3.05, 3.63) is 129 Å². The number of carbonyl (C=O) groups is 2. The number of hydrogen-bond donors (Lipinski definition) is 1. The number of nitrogens with one attached hydrogen (secondary N) is 1. The van der Waals surface area contributed by atoms with Crippen LogP contribution in [0.2, 0.25) is 5.02 Å². The second-order valence-electron chi connectivity index (χ2n) is 8.72. The first-order chi connectivity index (χ1) is 18.9. The number of amides is 1. The van der Waals surface area contributed by atoms with Crippen LogP contribution in [0.15, 0.2) is 106 Å². The molecule has 0 spiro atoms. The zero-order chi connectivity index (χ0) is 27.4. The first-order valence-electron chi connectivity index (χ1n) is 12.0. The molecule has 194 valence electrons. The van der Waals surface area contributed by atoms with Crippen LogP contribution in [0.4, 0.5) is 5.69 Å². The molecule has 7 nitrogen and oxygen atoms in total. The third kappa shape index (κ3) is 6.00. The Hall–Kier alpha value is -4.88. The van der Waals surface area contributed by atoms with Crippen molar-refractivity contribution in [3.63, 3.8) is 0 Å². The third-order valence-electron chi connectivity index (χ3n) is 5.87. The first-order valence-corrected chi connectivity index (χ1v) is 12.4. The molecule has 0 atom stereocenters. The number of halogens is 1. The van der Waals surface area contributed by atoms with E-state index in [0.717, 1.165) is 5.56 Å². The maximum atomic E-state index is 13.0. The van der Waals surface area contributed by atoms with Crippen LogP contribution in [-0.2, 0) is 4.79 Å². The summed E-state index contributed by atoms with van der Waals surface area (Å²) in [6.07, 6.45) is 1.24. The van der Waals surface area contributed by atoms with E-state index < -0.39 is 5.91 Å². The van der Waals surface area contributed by atoms with Crippen molar-refractivity contribution in [1.29, 1.82) is 0 Å². The fraction of sp³-hybridized carbons (Fsp3) is 0.0645. The monoisotopic (exact) mass is 539 g/mol. The van der Waals surface area contributed by atoms with E-state index >= 15 is 0 Å². The number of aryl methyl sites for hydroxylation is 1. The van der Waals surface area contributed by atoms with Crippen molar-refractivity contribution < 1.29 is 23.5 Å². The molecular formula is C31H22ClNO6. The van der Waals surface area contributed by atoms with Crippen LogP contribution in [0.5, 0.6) is 17.2 Å². The smallest absolute Gasteiger partial charge is 0.262 e. The van der Waals surface area contributed by atoms with E-state index in [2.05, 4.69) is 5.32 Å². The molecule has 1 heterocycles. The van der Waals surface area contributed by atoms with E-state index in [1.807, 2.05) is 25.1 Å². The van der Waals surface area contributed by atoms with Crippen LogP contribution >= 0.6 is 11.6 Å². The predicted molar refractivity (Wildman–Crippen MR) is 149 cm³/mol. The van der Waals surface area contributed by atoms with Gasteiger partial charge in [-0.1, -0.05) is 59.6 Å². The minimum atomic E-state index is -0.483. The second-order valence-corrected chi connectivity index (χ2v) is 9.16. The Kier molecular flexibility index (Phi) is 7.43. The lowest BCUT2D eigenvalue weighted by atomic mass is 10.0. The van der Waals surface area contributed by atoms with Crippen LogP contribution in [0.25, 0.3) is 11.0 Å². The molecule has 0 unspecified atom stereocenters. The van der Waals surface area contributed by atoms with Gasteiger partial charge in [-0.2, -0.15) is 0 Å². The summed E-state index contributed by atoms with van der Waals surface area (Å²) in [4.78, 5) is 38.5. The van der Waals surface area contributed by atoms with Crippen LogP contribution in [0, 0.1) is 6.92 Å². The standard InChI is InChI=1S/C31H22ClNO6/c1-19-7-10-22(11-8-19)39-28-17-38-27-16-23(12-13-24(27)31(28)36)37-18-29(34)33-26-14-9-21(32)15-25(26)30(35)20-5-3-2-4-6-20/h2-17H,18H2,1H3,(H,33,34). The zero-order valence-electron chi connectivity index (χ0n) is 20.8. The van der Waals surface area contributed by atoms with Gasteiger partial charge in [0, 0.05) is 22.2 Å². The van der Waals surface area contributed by atoms with E-state index in [-0.39, 0.29) is 34.7 Å². The van der Waals surface area contributed by atoms with Gasteiger partial charge in [0.2, 0.25) is 11.2 Å². The Morgan fingerprint density at radius 2 is 1.64 bits per heavy atom. The Labute approximate surface area is 228 Å². The summed E-state index contributed by atoms with van der Waals surface area (Å²) >= 11 is 6.11. The van der Waals surface area contributed by atoms with Gasteiger partial charge >= 0.3 is 0 Å². The Morgan fingerprint density at radius 1 is 0.897 bits per heavy atom. The van der Waals surface area contributed by atoms with Gasteiger partial charge in [-0.25, -0.2) is 0 Å². The highest BCUT2D eigenvalue weighted by Crippen LogP contribution is 2.26. The summed E-state index contributed by atoms with van der Waals surface area (Å²) < 4.78 is 16.9. The van der Waals surface area contributed by atoms with E-state index in [1.54, 1.807) is 60.7 Å². The van der Waals surface area contributed by atoms with Gasteiger partial charge in [0.05, 0.1) is 11.1 Å². The largest absolute Gasteiger partial charge is 0.484 e. The molecule has 5 aromatic rings. The van der Waals surface area contributed by atoms with Crippen molar-refractivity contribution >= 4 is 39.9 Å². The molecule has 1 amide bonds. The summed E-state index contributed by atoms with van der Waals surface area (Å²) in [7, 11) is 0. The van der Waals surface area contributed by atoms with Crippen LogP contribution < -0.4 is 20.2 Å². The van der Waals surface area contributed by atoms with Gasteiger partial charge in [0.1, 0.15) is 23.3 Å². The molecule has 0 aliphatic rings. The highest BCUT2D eigenvalue weighted by molar-refractivity contribution is 6.31. The molecule has 1 N–H and O–H groups in total. The van der Waals surface area contributed by atoms with Crippen molar-refractivity contribution in [3.8, 4) is 17.2 Å². The van der Waals surface area contributed by atoms with Gasteiger partial charge in [-0.05, 0) is 49.4 Å². The maximum Gasteiger partial charge on any atom is 0.262 e. The van der Waals surface area contributed by atoms with E-state index in [1.165, 1.54) is 18.4 Å². The molecule has 0 aliphatic heterocycles. The number of ether oxygens (including phenoxy) is 2. The van der Waals surface area contributed by atoms with Crippen LogP contribution in [0.3, 0.4) is 0 Å². The van der Waals surface area contributed by atoms with Gasteiger partial charge < -0.3 is 19.2 Å². The normalized spacial score (nSPS) is 10.7. The summed E-state index contributed by atoms with van der Waals surface area (Å²) in [5.41, 5.74) is 2.06. The van der Waals surface area contributed by atoms with Crippen LogP contribution in [0.1, 0.15) is 21.5 Å². The van der Waals surface area contributed by atoms with Gasteiger partial charge in [0.15, 0.2) is 12.4 Å². The number of anilines is 1. The lowest BCUT2D eigenvalue weighted by molar-refractivity contribution is -0.118. The summed E-state index contributed by atoms with van der Waals surface area (Å²) in [6, 6.07) is 25.3. The predicted octanol–water partition coefficient (Wildman–Crippen LogP) is 6.80. The number of ketones is 1. The van der Waals surface area contributed by atoms with Crippen molar-refractivity contribution in [2.24, 2.45) is 0 Å². The number of hydrogen-bond acceptors (Lipinski definition) is 6. The van der Waals surface area contributed by atoms with Crippen molar-refractivity contribution in [2.45, 2.75) is 6.92 Å². The molecule has 0 aliphatic carbocycles. The Bertz CT molecular complexity index is 1730. The number of carbonyl (C=O) groups excluding carboxylic acids is 2. The highest BCUT2D eigenvalue weighted by atomic mass is 35.5. The maximum absolute atomic E-state index is 13.0. The SMILES string of the molecule is Cc1ccc(Oc2coc3cc(OCC(=O)Nc4ccc(Cl)cc4C(=O)c4ccccc4)ccc3c2=O)cc1. The summed E-state index contributed by atoms with van der Waals surface area (Å²) in [5, 5.41) is 3.38. The lowest BCUT2D eigenvalue weighted by Crippen LogP contribution is -2.21. The molecule has 8 heteroatoms. The molecule has 0 saturated heterocycles. The average Bonchev–Trinajstić information content (AvgIpc) is 2.95. The Morgan fingerprint density at radius 3 is 2.41 bits per heavy atom. The van der Waals surface area contributed by atoms with E-state index in [4.69, 9.17) is 25.5 Å². The highest BCUT2D eigenvalue weighted by Gasteiger charge is 2.17. The number of fused-ring (bicyclic) bond motifs is 1. The fourth-order valence-electron chi connectivity index (χ4n) is 3.88. The average molecular weight is 540 g/mol. The topological polar surface area (TPSA) is 94.8 Å². The van der Waals surface area contributed by atoms with Crippen LogP contribution in [-0.4, -0.2) is 18.3 Å². The quantitative estimate of drug-likeness (QED) is 0.218. The second kappa shape index (κ2) is 11.2.